The van der Waals surface area contributed by atoms with Crippen LogP contribution in [0.3, 0.4) is 0 Å². The summed E-state index contributed by atoms with van der Waals surface area (Å²) in [4.78, 5) is 0. The fraction of sp³-hybridized carbons (Fsp3) is 1.00. The number of aliphatic hydroxyl groups excluding tert-OH is 4. The Morgan fingerprint density at radius 2 is 1.62 bits per heavy atom. The van der Waals surface area contributed by atoms with Crippen molar-refractivity contribution in [2.75, 3.05) is 13.2 Å². The highest BCUT2D eigenvalue weighted by molar-refractivity contribution is 8.60. The van der Waals surface area contributed by atoms with Crippen molar-refractivity contribution in [3.05, 3.63) is 0 Å². The number of rotatable bonds is 12. The largest absolute Gasteiger partial charge is 0.394 e. The Balaban J connectivity index is 1.87. The van der Waals surface area contributed by atoms with Crippen molar-refractivity contribution in [2.45, 2.75) is 99.6 Å². The minimum absolute atomic E-state index is 0.00396. The van der Waals surface area contributed by atoms with E-state index in [-0.39, 0.29) is 24.1 Å². The summed E-state index contributed by atoms with van der Waals surface area (Å²) in [6, 6.07) is -1.62. The van der Waals surface area contributed by atoms with E-state index < -0.39 is 76.8 Å². The summed E-state index contributed by atoms with van der Waals surface area (Å²) in [6.07, 6.45) is -5.64. The third-order valence-corrected chi connectivity index (χ3v) is 18.2. The first-order chi connectivity index (χ1) is 18.5. The molecule has 0 aromatic rings. The van der Waals surface area contributed by atoms with Gasteiger partial charge in [0.2, 0.25) is 0 Å². The van der Waals surface area contributed by atoms with E-state index >= 15 is 0 Å². The van der Waals surface area contributed by atoms with Gasteiger partial charge in [0.25, 0.3) is 0 Å². The van der Waals surface area contributed by atoms with E-state index in [1.54, 1.807) is 0 Å². The molecule has 2 aliphatic heterocycles. The van der Waals surface area contributed by atoms with Gasteiger partial charge in [0.05, 0.1) is 18.8 Å². The second kappa shape index (κ2) is 17.6. The Hall–Kier alpha value is 2.96. The minimum Gasteiger partial charge on any atom is -0.394 e. The maximum atomic E-state index is 11.8. The van der Waals surface area contributed by atoms with Gasteiger partial charge in [-0.15, -0.1) is 8.93 Å². The fourth-order valence-corrected chi connectivity index (χ4v) is 9.88. The average Bonchev–Trinajstić information content (AvgIpc) is 2.89. The molecule has 0 amide bonds. The van der Waals surface area contributed by atoms with Gasteiger partial charge in [-0.25, -0.2) is 0 Å². The maximum Gasteiger partial charge on any atom is 0.186 e. The third-order valence-electron chi connectivity index (χ3n) is 7.33. The summed E-state index contributed by atoms with van der Waals surface area (Å²) in [6.45, 7) is 2.27. The fourth-order valence-electron chi connectivity index (χ4n) is 5.18. The molecule has 0 bridgehead atoms. The van der Waals surface area contributed by atoms with Gasteiger partial charge in [-0.2, -0.15) is 0 Å². The van der Waals surface area contributed by atoms with E-state index in [0.717, 1.165) is 12.8 Å². The molecule has 230 valence electrons. The Kier molecular flexibility index (Phi) is 16.4. The molecule has 0 aromatic carbocycles. The topological polar surface area (TPSA) is 180 Å². The highest BCUT2D eigenvalue weighted by Crippen LogP contribution is 2.63. The predicted octanol–water partition coefficient (Wildman–Crippen LogP) is 0.273. The van der Waals surface area contributed by atoms with Gasteiger partial charge in [0.1, 0.15) is 36.6 Å². The lowest BCUT2D eigenvalue weighted by molar-refractivity contribution is -0.315. The number of nitrogens with two attached hydrogens (primary N) is 1. The Morgan fingerprint density at radius 1 is 0.974 bits per heavy atom. The summed E-state index contributed by atoms with van der Waals surface area (Å²) in [5.41, 5.74) is 6.02. The zero-order valence-electron chi connectivity index (χ0n) is 21.8. The van der Waals surface area contributed by atoms with Crippen LogP contribution in [0.25, 0.3) is 0 Å². The molecule has 20 unspecified atom stereocenters. The van der Waals surface area contributed by atoms with Gasteiger partial charge in [-0.3, -0.25) is 15.3 Å². The summed E-state index contributed by atoms with van der Waals surface area (Å²) in [7, 11) is 12.8. The molecule has 20 heteroatoms. The van der Waals surface area contributed by atoms with Crippen molar-refractivity contribution in [2.24, 2.45) is 11.7 Å². The van der Waals surface area contributed by atoms with E-state index in [2.05, 4.69) is 67.3 Å². The van der Waals surface area contributed by atoms with Gasteiger partial charge in [-0.1, -0.05) is 51.1 Å². The molecular weight excluding hydrogens is 660 g/mol. The molecule has 2 heterocycles. The van der Waals surface area contributed by atoms with E-state index in [1.807, 2.05) is 0 Å². The first-order valence-corrected chi connectivity index (χ1v) is 24.6. The smallest absolute Gasteiger partial charge is 0.186 e. The van der Waals surface area contributed by atoms with Crippen LogP contribution in [-0.4, -0.2) is 107 Å². The molecule has 3 aliphatic rings. The van der Waals surface area contributed by atoms with Gasteiger partial charge < -0.3 is 45.1 Å². The van der Waals surface area contributed by atoms with Gasteiger partial charge in [0, 0.05) is 32.0 Å². The van der Waals surface area contributed by atoms with Crippen LogP contribution in [0.1, 0.15) is 26.2 Å². The monoisotopic (exact) mass is 706 g/mol. The van der Waals surface area contributed by atoms with Crippen LogP contribution in [0.4, 0.5) is 0 Å². The standard InChI is InChI=1S/C19H46N4O8P8/c1-7-2-3-8(5-21-32)28-18(7)30-16-9(22-38(34)35)4-10(23-39(36)37-33)17(15(16)27)31-19-14(26)12(20)13(25)11(6-24)29-19/h7-19,21-27,37H,2-6,20,32-36H2,1H3. The van der Waals surface area contributed by atoms with Crippen LogP contribution >= 0.6 is 68.0 Å². The van der Waals surface area contributed by atoms with Crippen molar-refractivity contribution in [3.63, 3.8) is 0 Å². The molecule has 39 heavy (non-hydrogen) atoms. The molecule has 2 saturated heterocycles. The molecular formula is C19H46N4O8P8. The lowest BCUT2D eigenvalue weighted by Crippen LogP contribution is -2.67. The molecule has 9 N–H and O–H groups in total. The number of hydrogen-bond acceptors (Lipinski definition) is 12. The van der Waals surface area contributed by atoms with E-state index in [0.29, 0.717) is 20.9 Å². The van der Waals surface area contributed by atoms with Gasteiger partial charge in [-0.05, 0) is 26.7 Å². The Morgan fingerprint density at radius 3 is 2.21 bits per heavy atom. The van der Waals surface area contributed by atoms with Gasteiger partial charge in [0.15, 0.2) is 12.6 Å². The third kappa shape index (κ3) is 9.97. The number of ether oxygens (including phenoxy) is 4. The zero-order valence-corrected chi connectivity index (χ0v) is 30.4. The molecule has 0 aromatic heterocycles. The van der Waals surface area contributed by atoms with Crippen molar-refractivity contribution in [3.8, 4) is 0 Å². The first-order valence-electron chi connectivity index (χ1n) is 12.8. The SMILES string of the molecule is CC1CCC(CNP)OC1OC1C(NP(P)P)CC(NP(P)PP)C(OC2OC(CO)C(O)C(N)C2O)C1O. The maximum absolute atomic E-state index is 11.8. The number of hydrogen-bond donors (Lipinski definition) is 8. The second-order valence-corrected chi connectivity index (χ2v) is 25.7. The van der Waals surface area contributed by atoms with Crippen molar-refractivity contribution < 1.29 is 39.4 Å². The molecule has 12 nitrogen and oxygen atoms in total. The molecule has 1 saturated carbocycles. The molecule has 1 aliphatic carbocycles. The lowest BCUT2D eigenvalue weighted by atomic mass is 9.84. The van der Waals surface area contributed by atoms with Crippen LogP contribution in [0, 0.1) is 5.92 Å². The summed E-state index contributed by atoms with van der Waals surface area (Å²) >= 11 is 0. The highest BCUT2D eigenvalue weighted by Gasteiger charge is 2.51. The highest BCUT2D eigenvalue weighted by atomic mass is 32.6. The van der Waals surface area contributed by atoms with Crippen LogP contribution < -0.4 is 21.0 Å². The van der Waals surface area contributed by atoms with Crippen molar-refractivity contribution in [1.82, 2.24) is 15.3 Å². The quantitative estimate of drug-likeness (QED) is 0.130. The molecule has 0 radical (unpaired) electrons. The van der Waals surface area contributed by atoms with E-state index in [4.69, 9.17) is 24.7 Å². The van der Waals surface area contributed by atoms with Crippen LogP contribution in [-0.2, 0) is 18.9 Å². The minimum atomic E-state index is -1.36. The van der Waals surface area contributed by atoms with Crippen LogP contribution in [0.15, 0.2) is 0 Å². The normalized spacial score (nSPS) is 44.8. The summed E-state index contributed by atoms with van der Waals surface area (Å²) in [5.74, 6) is 0.133. The van der Waals surface area contributed by atoms with E-state index in [9.17, 15) is 20.4 Å². The first kappa shape index (κ1) is 36.4. The average molecular weight is 706 g/mol. The molecule has 3 fully saturated rings. The van der Waals surface area contributed by atoms with Crippen molar-refractivity contribution >= 4 is 68.0 Å². The molecule has 0 spiro atoms. The Labute approximate surface area is 246 Å². The van der Waals surface area contributed by atoms with Gasteiger partial charge >= 0.3 is 0 Å². The summed E-state index contributed by atoms with van der Waals surface area (Å²) in [5, 5.41) is 52.8. The lowest BCUT2D eigenvalue weighted by Gasteiger charge is -2.50. The second-order valence-electron chi connectivity index (χ2n) is 10.2. The molecule has 3 rings (SSSR count). The van der Waals surface area contributed by atoms with Crippen molar-refractivity contribution in [1.29, 1.82) is 0 Å². The van der Waals surface area contributed by atoms with Crippen LogP contribution in [0.2, 0.25) is 0 Å². The number of aliphatic hydroxyl groups is 4. The number of nitrogens with one attached hydrogen (secondary N) is 3. The van der Waals surface area contributed by atoms with Crippen LogP contribution in [0.5, 0.6) is 0 Å². The Bertz CT molecular complexity index is 745. The zero-order chi connectivity index (χ0) is 28.9. The summed E-state index contributed by atoms with van der Waals surface area (Å²) < 4.78 is 24.8. The van der Waals surface area contributed by atoms with E-state index in [1.165, 1.54) is 0 Å². The predicted molar refractivity (Wildman–Crippen MR) is 176 cm³/mol. The molecule has 20 atom stereocenters.